The Morgan fingerprint density at radius 1 is 1.26 bits per heavy atom. The summed E-state index contributed by atoms with van der Waals surface area (Å²) in [7, 11) is 0. The molecular formula is C17H26N4O2. The lowest BCUT2D eigenvalue weighted by atomic mass is 9.97. The average Bonchev–Trinajstić information content (AvgIpc) is 3.16. The van der Waals surface area contributed by atoms with Gasteiger partial charge in [0.2, 0.25) is 5.95 Å². The van der Waals surface area contributed by atoms with Gasteiger partial charge < -0.3 is 19.7 Å². The highest BCUT2D eigenvalue weighted by molar-refractivity contribution is 5.25. The number of ether oxygens (including phenoxy) is 2. The van der Waals surface area contributed by atoms with E-state index in [0.717, 1.165) is 51.7 Å². The zero-order valence-electron chi connectivity index (χ0n) is 13.6. The Labute approximate surface area is 137 Å². The maximum Gasteiger partial charge on any atom is 0.222 e. The largest absolute Gasteiger partial charge is 0.381 e. The lowest BCUT2D eigenvalue weighted by Crippen LogP contribution is -2.36. The van der Waals surface area contributed by atoms with E-state index < -0.39 is 0 Å². The normalized spacial score (nSPS) is 32.6. The van der Waals surface area contributed by atoms with E-state index in [9.17, 15) is 0 Å². The Bertz CT molecular complexity index is 509. The van der Waals surface area contributed by atoms with Crippen molar-refractivity contribution in [2.45, 2.75) is 37.3 Å². The molecule has 6 nitrogen and oxygen atoms in total. The third-order valence-electron chi connectivity index (χ3n) is 5.36. The van der Waals surface area contributed by atoms with E-state index >= 15 is 0 Å². The van der Waals surface area contributed by atoms with E-state index in [1.165, 1.54) is 19.4 Å². The molecule has 0 amide bonds. The van der Waals surface area contributed by atoms with Gasteiger partial charge in [0, 0.05) is 51.7 Å². The van der Waals surface area contributed by atoms with E-state index in [-0.39, 0.29) is 5.60 Å². The fraction of sp³-hybridized carbons (Fsp3) is 0.765. The van der Waals surface area contributed by atoms with Gasteiger partial charge in [-0.15, -0.1) is 0 Å². The third kappa shape index (κ3) is 3.65. The number of nitrogens with one attached hydrogen (secondary N) is 1. The van der Waals surface area contributed by atoms with Gasteiger partial charge in [-0.1, -0.05) is 0 Å². The Morgan fingerprint density at radius 3 is 2.91 bits per heavy atom. The van der Waals surface area contributed by atoms with Crippen molar-refractivity contribution in [3.05, 3.63) is 18.5 Å². The van der Waals surface area contributed by atoms with Gasteiger partial charge in [0.15, 0.2) is 0 Å². The molecule has 1 aromatic rings. The number of rotatable bonds is 4. The van der Waals surface area contributed by atoms with E-state index in [1.807, 2.05) is 6.07 Å². The highest BCUT2D eigenvalue weighted by Gasteiger charge is 2.45. The molecule has 0 radical (unpaired) electrons. The summed E-state index contributed by atoms with van der Waals surface area (Å²) in [6.07, 6.45) is 8.15. The summed E-state index contributed by atoms with van der Waals surface area (Å²) in [6.45, 7) is 6.05. The van der Waals surface area contributed by atoms with Gasteiger partial charge in [-0.3, -0.25) is 0 Å². The number of anilines is 1. The Morgan fingerprint density at radius 2 is 2.09 bits per heavy atom. The number of hydrogen-bond acceptors (Lipinski definition) is 6. The number of nitrogens with zero attached hydrogens (tertiary/aromatic N) is 3. The van der Waals surface area contributed by atoms with Crippen LogP contribution in [0.3, 0.4) is 0 Å². The molecule has 4 heterocycles. The molecule has 4 rings (SSSR count). The second-order valence-electron chi connectivity index (χ2n) is 7.15. The highest BCUT2D eigenvalue weighted by Crippen LogP contribution is 2.36. The van der Waals surface area contributed by atoms with Crippen LogP contribution in [0.4, 0.5) is 5.95 Å². The molecule has 1 N–H and O–H groups in total. The Balaban J connectivity index is 1.28. The van der Waals surface area contributed by atoms with Gasteiger partial charge in [0.25, 0.3) is 0 Å². The van der Waals surface area contributed by atoms with Crippen molar-refractivity contribution in [2.24, 2.45) is 5.92 Å². The Kier molecular flexibility index (Phi) is 4.46. The van der Waals surface area contributed by atoms with Gasteiger partial charge in [-0.25, -0.2) is 9.97 Å². The monoisotopic (exact) mass is 318 g/mol. The van der Waals surface area contributed by atoms with E-state index in [0.29, 0.717) is 12.0 Å². The smallest absolute Gasteiger partial charge is 0.222 e. The summed E-state index contributed by atoms with van der Waals surface area (Å²) in [5, 5.41) is 3.41. The van der Waals surface area contributed by atoms with Gasteiger partial charge >= 0.3 is 0 Å². The topological polar surface area (TPSA) is 59.5 Å². The van der Waals surface area contributed by atoms with Crippen molar-refractivity contribution in [2.75, 3.05) is 44.8 Å². The summed E-state index contributed by atoms with van der Waals surface area (Å²) in [5.74, 6) is 1.50. The maximum atomic E-state index is 6.22. The molecule has 3 aliphatic heterocycles. The molecule has 3 fully saturated rings. The predicted octanol–water partition coefficient (Wildman–Crippen LogP) is 1.55. The van der Waals surface area contributed by atoms with Gasteiger partial charge in [0.05, 0.1) is 18.2 Å². The van der Waals surface area contributed by atoms with Crippen molar-refractivity contribution >= 4 is 5.95 Å². The molecule has 126 valence electrons. The van der Waals surface area contributed by atoms with Crippen LogP contribution in [-0.2, 0) is 9.47 Å². The van der Waals surface area contributed by atoms with Crippen molar-refractivity contribution in [1.29, 1.82) is 0 Å². The molecule has 0 unspecified atom stereocenters. The Hall–Kier alpha value is -1.24. The van der Waals surface area contributed by atoms with Crippen LogP contribution < -0.4 is 5.32 Å². The molecule has 3 saturated heterocycles. The second kappa shape index (κ2) is 6.71. The minimum Gasteiger partial charge on any atom is -0.381 e. The van der Waals surface area contributed by atoms with Gasteiger partial charge in [-0.2, -0.15) is 0 Å². The van der Waals surface area contributed by atoms with Crippen molar-refractivity contribution in [3.8, 4) is 0 Å². The minimum atomic E-state index is 0.0393. The lowest BCUT2D eigenvalue weighted by molar-refractivity contribution is 0.00796. The first-order valence-corrected chi connectivity index (χ1v) is 8.79. The first-order chi connectivity index (χ1) is 11.3. The first-order valence-electron chi connectivity index (χ1n) is 8.79. The summed E-state index contributed by atoms with van der Waals surface area (Å²) < 4.78 is 11.7. The summed E-state index contributed by atoms with van der Waals surface area (Å²) in [6, 6.07) is 2.16. The van der Waals surface area contributed by atoms with Crippen molar-refractivity contribution < 1.29 is 9.47 Å². The van der Waals surface area contributed by atoms with Crippen molar-refractivity contribution in [3.63, 3.8) is 0 Å². The minimum absolute atomic E-state index is 0.0393. The van der Waals surface area contributed by atoms with E-state index in [1.54, 1.807) is 12.4 Å². The van der Waals surface area contributed by atoms with Crippen LogP contribution in [0.2, 0.25) is 0 Å². The zero-order chi connectivity index (χ0) is 15.5. The van der Waals surface area contributed by atoms with Gasteiger partial charge in [0.1, 0.15) is 0 Å². The molecule has 0 aliphatic carbocycles. The van der Waals surface area contributed by atoms with Crippen LogP contribution in [0, 0.1) is 5.92 Å². The van der Waals surface area contributed by atoms with Gasteiger partial charge in [-0.05, 0) is 31.2 Å². The molecular weight excluding hydrogens is 292 g/mol. The number of likely N-dealkylation sites (tertiary alicyclic amines) is 1. The van der Waals surface area contributed by atoms with Crippen molar-refractivity contribution in [1.82, 2.24) is 14.9 Å². The zero-order valence-corrected chi connectivity index (χ0v) is 13.6. The van der Waals surface area contributed by atoms with Crippen LogP contribution in [0.5, 0.6) is 0 Å². The SMILES string of the molecule is c1cnc(N[C@@H]2CO[C@@]3(CCN(CC4CCOCC4)C3)C2)nc1. The summed E-state index contributed by atoms with van der Waals surface area (Å²) in [5.41, 5.74) is 0.0393. The van der Waals surface area contributed by atoms with Crippen LogP contribution in [-0.4, -0.2) is 66.0 Å². The fourth-order valence-corrected chi connectivity index (χ4v) is 4.16. The highest BCUT2D eigenvalue weighted by atomic mass is 16.5. The lowest BCUT2D eigenvalue weighted by Gasteiger charge is -2.28. The molecule has 6 heteroatoms. The molecule has 3 aliphatic rings. The predicted molar refractivity (Wildman–Crippen MR) is 87.3 cm³/mol. The van der Waals surface area contributed by atoms with E-state index in [4.69, 9.17) is 9.47 Å². The van der Waals surface area contributed by atoms with E-state index in [2.05, 4.69) is 20.2 Å². The molecule has 0 aromatic carbocycles. The molecule has 1 aromatic heterocycles. The van der Waals surface area contributed by atoms with Crippen LogP contribution in [0.25, 0.3) is 0 Å². The fourth-order valence-electron chi connectivity index (χ4n) is 4.16. The van der Waals surface area contributed by atoms with Crippen LogP contribution >= 0.6 is 0 Å². The van der Waals surface area contributed by atoms with Crippen LogP contribution in [0.1, 0.15) is 25.7 Å². The molecule has 0 bridgehead atoms. The first kappa shape index (κ1) is 15.3. The quantitative estimate of drug-likeness (QED) is 0.909. The third-order valence-corrected chi connectivity index (χ3v) is 5.36. The molecule has 2 atom stereocenters. The molecule has 0 saturated carbocycles. The number of aromatic nitrogens is 2. The second-order valence-corrected chi connectivity index (χ2v) is 7.15. The summed E-state index contributed by atoms with van der Waals surface area (Å²) in [4.78, 5) is 11.1. The summed E-state index contributed by atoms with van der Waals surface area (Å²) >= 11 is 0. The average molecular weight is 318 g/mol. The molecule has 23 heavy (non-hydrogen) atoms. The standard InChI is InChI=1S/C17H26N4O2/c1-5-18-16(19-6-1)20-15-10-17(23-12-15)4-7-21(13-17)11-14-2-8-22-9-3-14/h1,5-6,14-15H,2-4,7-13H2,(H,18,19,20)/t15-,17-/m0/s1. The number of hydrogen-bond donors (Lipinski definition) is 1. The molecule has 1 spiro atoms. The van der Waals surface area contributed by atoms with Crippen LogP contribution in [0.15, 0.2) is 18.5 Å². The maximum absolute atomic E-state index is 6.22.